The van der Waals surface area contributed by atoms with Gasteiger partial charge in [-0.1, -0.05) is 0 Å². The predicted molar refractivity (Wildman–Crippen MR) is 47.4 cm³/mol. The third-order valence-corrected chi connectivity index (χ3v) is 1.83. The molecule has 1 heterocycles. The standard InChI is InChI=1S/C8H11F2N3O/c9-7(10)6-4(2-11)1-5(3-14)13-8(6)12/h1,7,14H,2-3,11H2,(H2,12,13). The number of hydrogen-bond donors (Lipinski definition) is 3. The zero-order valence-corrected chi connectivity index (χ0v) is 7.37. The zero-order valence-electron chi connectivity index (χ0n) is 7.37. The first-order chi connectivity index (χ1) is 6.60. The summed E-state index contributed by atoms with van der Waals surface area (Å²) in [5.74, 6) is -0.271. The van der Waals surface area contributed by atoms with E-state index in [1.807, 2.05) is 0 Å². The highest BCUT2D eigenvalue weighted by Gasteiger charge is 2.17. The molecule has 0 atom stereocenters. The Morgan fingerprint density at radius 3 is 2.57 bits per heavy atom. The Balaban J connectivity index is 3.27. The van der Waals surface area contributed by atoms with Crippen LogP contribution < -0.4 is 11.5 Å². The van der Waals surface area contributed by atoms with Crippen molar-refractivity contribution in [2.75, 3.05) is 5.73 Å². The molecule has 0 amide bonds. The number of anilines is 1. The molecule has 1 aromatic rings. The molecular weight excluding hydrogens is 192 g/mol. The minimum Gasteiger partial charge on any atom is -0.390 e. The van der Waals surface area contributed by atoms with E-state index < -0.39 is 6.43 Å². The number of aliphatic hydroxyl groups excluding tert-OH is 1. The van der Waals surface area contributed by atoms with Crippen LogP contribution in [-0.4, -0.2) is 10.1 Å². The SMILES string of the molecule is NCc1cc(CO)nc(N)c1C(F)F. The number of pyridine rings is 1. The first-order valence-electron chi connectivity index (χ1n) is 3.97. The molecule has 0 aliphatic heterocycles. The van der Waals surface area contributed by atoms with Crippen LogP contribution in [0.3, 0.4) is 0 Å². The number of nitrogen functional groups attached to an aromatic ring is 1. The number of aliphatic hydroxyl groups is 1. The lowest BCUT2D eigenvalue weighted by molar-refractivity contribution is 0.150. The van der Waals surface area contributed by atoms with Crippen LogP contribution in [0.2, 0.25) is 0 Å². The highest BCUT2D eigenvalue weighted by atomic mass is 19.3. The van der Waals surface area contributed by atoms with Crippen molar-refractivity contribution in [1.29, 1.82) is 0 Å². The van der Waals surface area contributed by atoms with Crippen molar-refractivity contribution in [2.45, 2.75) is 19.6 Å². The fourth-order valence-corrected chi connectivity index (χ4v) is 1.19. The summed E-state index contributed by atoms with van der Waals surface area (Å²) < 4.78 is 24.9. The van der Waals surface area contributed by atoms with Gasteiger partial charge in [-0.25, -0.2) is 13.8 Å². The molecule has 78 valence electrons. The maximum Gasteiger partial charge on any atom is 0.267 e. The molecule has 14 heavy (non-hydrogen) atoms. The van der Waals surface area contributed by atoms with Crippen LogP contribution in [0.15, 0.2) is 6.07 Å². The summed E-state index contributed by atoms with van der Waals surface area (Å²) in [6.07, 6.45) is -2.70. The summed E-state index contributed by atoms with van der Waals surface area (Å²) in [6, 6.07) is 1.33. The van der Waals surface area contributed by atoms with E-state index in [0.29, 0.717) is 0 Å². The summed E-state index contributed by atoms with van der Waals surface area (Å²) >= 11 is 0. The minimum absolute atomic E-state index is 0.0562. The van der Waals surface area contributed by atoms with Gasteiger partial charge in [0.25, 0.3) is 6.43 Å². The fraction of sp³-hybridized carbons (Fsp3) is 0.375. The maximum atomic E-state index is 12.5. The van der Waals surface area contributed by atoms with Crippen molar-refractivity contribution in [3.05, 3.63) is 22.9 Å². The summed E-state index contributed by atoms with van der Waals surface area (Å²) in [5, 5.41) is 8.77. The number of alkyl halides is 2. The molecule has 0 saturated carbocycles. The molecule has 0 bridgehead atoms. The van der Waals surface area contributed by atoms with E-state index >= 15 is 0 Å². The van der Waals surface area contributed by atoms with Crippen LogP contribution in [0.25, 0.3) is 0 Å². The number of hydrogen-bond acceptors (Lipinski definition) is 4. The van der Waals surface area contributed by atoms with Crippen molar-refractivity contribution in [2.24, 2.45) is 5.73 Å². The van der Waals surface area contributed by atoms with E-state index in [0.717, 1.165) is 0 Å². The second-order valence-corrected chi connectivity index (χ2v) is 2.73. The molecule has 0 spiro atoms. The molecular formula is C8H11F2N3O. The first kappa shape index (κ1) is 10.8. The Bertz CT molecular complexity index is 331. The Morgan fingerprint density at radius 1 is 1.50 bits per heavy atom. The molecule has 1 rings (SSSR count). The minimum atomic E-state index is -2.70. The third-order valence-electron chi connectivity index (χ3n) is 1.83. The van der Waals surface area contributed by atoms with Gasteiger partial charge in [-0.2, -0.15) is 0 Å². The van der Waals surface area contributed by atoms with Gasteiger partial charge >= 0.3 is 0 Å². The van der Waals surface area contributed by atoms with Gasteiger partial charge in [0.15, 0.2) is 0 Å². The van der Waals surface area contributed by atoms with E-state index in [4.69, 9.17) is 16.6 Å². The number of nitrogens with two attached hydrogens (primary N) is 2. The lowest BCUT2D eigenvalue weighted by atomic mass is 10.1. The van der Waals surface area contributed by atoms with Crippen LogP contribution >= 0.6 is 0 Å². The van der Waals surface area contributed by atoms with Crippen LogP contribution in [-0.2, 0) is 13.2 Å². The van der Waals surface area contributed by atoms with Gasteiger partial charge in [-0.3, -0.25) is 0 Å². The summed E-state index contributed by atoms with van der Waals surface area (Å²) in [6.45, 7) is -0.403. The number of halogens is 2. The van der Waals surface area contributed by atoms with E-state index in [9.17, 15) is 8.78 Å². The van der Waals surface area contributed by atoms with E-state index in [1.165, 1.54) is 6.07 Å². The molecule has 1 aromatic heterocycles. The average Bonchev–Trinajstić information content (AvgIpc) is 2.15. The molecule has 4 nitrogen and oxygen atoms in total. The highest BCUT2D eigenvalue weighted by molar-refractivity contribution is 5.46. The van der Waals surface area contributed by atoms with Crippen molar-refractivity contribution >= 4 is 5.82 Å². The molecule has 6 heteroatoms. The largest absolute Gasteiger partial charge is 0.390 e. The van der Waals surface area contributed by atoms with Gasteiger partial charge in [0.05, 0.1) is 17.9 Å². The molecule has 0 aromatic carbocycles. The van der Waals surface area contributed by atoms with Crippen LogP contribution in [0.4, 0.5) is 14.6 Å². The van der Waals surface area contributed by atoms with E-state index in [1.54, 1.807) is 0 Å². The molecule has 5 N–H and O–H groups in total. The Morgan fingerprint density at radius 2 is 2.14 bits per heavy atom. The van der Waals surface area contributed by atoms with Gasteiger partial charge in [-0.05, 0) is 11.6 Å². The molecule has 0 fully saturated rings. The summed E-state index contributed by atoms with van der Waals surface area (Å²) in [4.78, 5) is 3.61. The molecule has 0 radical (unpaired) electrons. The number of aromatic nitrogens is 1. The smallest absolute Gasteiger partial charge is 0.267 e. The van der Waals surface area contributed by atoms with Crippen molar-refractivity contribution in [1.82, 2.24) is 4.98 Å². The monoisotopic (exact) mass is 203 g/mol. The van der Waals surface area contributed by atoms with Crippen LogP contribution in [0, 0.1) is 0 Å². The van der Waals surface area contributed by atoms with Gasteiger partial charge in [0.1, 0.15) is 5.82 Å². The second-order valence-electron chi connectivity index (χ2n) is 2.73. The topological polar surface area (TPSA) is 85.2 Å². The molecule has 0 unspecified atom stereocenters. The lowest BCUT2D eigenvalue weighted by Gasteiger charge is -2.10. The van der Waals surface area contributed by atoms with Crippen molar-refractivity contribution < 1.29 is 13.9 Å². The predicted octanol–water partition coefficient (Wildman–Crippen LogP) is 0.552. The number of rotatable bonds is 3. The second kappa shape index (κ2) is 4.30. The van der Waals surface area contributed by atoms with Gasteiger partial charge in [0, 0.05) is 6.54 Å². The van der Waals surface area contributed by atoms with Crippen molar-refractivity contribution in [3.63, 3.8) is 0 Å². The molecule has 0 aliphatic carbocycles. The van der Waals surface area contributed by atoms with Gasteiger partial charge in [0.2, 0.25) is 0 Å². The Hall–Kier alpha value is -1.27. The molecule has 0 saturated heterocycles. The summed E-state index contributed by atoms with van der Waals surface area (Å²) in [7, 11) is 0. The quantitative estimate of drug-likeness (QED) is 0.669. The molecule has 0 aliphatic rings. The Kier molecular flexibility index (Phi) is 3.32. The third kappa shape index (κ3) is 1.97. The maximum absolute atomic E-state index is 12.5. The van der Waals surface area contributed by atoms with Gasteiger partial charge < -0.3 is 16.6 Å². The zero-order chi connectivity index (χ0) is 10.7. The van der Waals surface area contributed by atoms with Crippen LogP contribution in [0.5, 0.6) is 0 Å². The van der Waals surface area contributed by atoms with Gasteiger partial charge in [-0.15, -0.1) is 0 Å². The highest BCUT2D eigenvalue weighted by Crippen LogP contribution is 2.27. The van der Waals surface area contributed by atoms with E-state index in [2.05, 4.69) is 4.98 Å². The first-order valence-corrected chi connectivity index (χ1v) is 3.97. The average molecular weight is 203 g/mol. The van der Waals surface area contributed by atoms with Crippen LogP contribution in [0.1, 0.15) is 23.2 Å². The van der Waals surface area contributed by atoms with E-state index in [-0.39, 0.29) is 35.8 Å². The van der Waals surface area contributed by atoms with Crippen molar-refractivity contribution in [3.8, 4) is 0 Å². The normalized spacial score (nSPS) is 10.9. The fourth-order valence-electron chi connectivity index (χ4n) is 1.19. The summed E-state index contributed by atoms with van der Waals surface area (Å²) in [5.41, 5.74) is 10.7. The number of nitrogens with zero attached hydrogens (tertiary/aromatic N) is 1. The lowest BCUT2D eigenvalue weighted by Crippen LogP contribution is -2.09. The Labute approximate surface area is 79.6 Å².